The van der Waals surface area contributed by atoms with Crippen molar-refractivity contribution < 1.29 is 9.53 Å². The Kier molecular flexibility index (Phi) is 7.83. The first-order valence-electron chi connectivity index (χ1n) is 7.74. The molecule has 2 unspecified atom stereocenters. The molecule has 4 heteroatoms. The topological polar surface area (TPSA) is 64.3 Å². The van der Waals surface area contributed by atoms with Crippen molar-refractivity contribution in [2.75, 3.05) is 13.7 Å². The van der Waals surface area contributed by atoms with E-state index in [1.165, 1.54) is 0 Å². The summed E-state index contributed by atoms with van der Waals surface area (Å²) in [6, 6.07) is 7.96. The zero-order chi connectivity index (χ0) is 15.7. The molecule has 1 rings (SSSR count). The number of nitrogens with two attached hydrogens (primary N) is 1. The second kappa shape index (κ2) is 9.40. The van der Waals surface area contributed by atoms with Crippen LogP contribution in [0.4, 0.5) is 0 Å². The fraction of sp³-hybridized carbons (Fsp3) is 0.588. The molecule has 2 atom stereocenters. The molecule has 0 heterocycles. The Labute approximate surface area is 128 Å². The van der Waals surface area contributed by atoms with Gasteiger partial charge in [-0.3, -0.25) is 4.79 Å². The average molecular weight is 292 g/mol. The van der Waals surface area contributed by atoms with Crippen molar-refractivity contribution in [1.29, 1.82) is 0 Å². The molecule has 0 aliphatic carbocycles. The Hall–Kier alpha value is -1.55. The van der Waals surface area contributed by atoms with Gasteiger partial charge in [-0.25, -0.2) is 0 Å². The van der Waals surface area contributed by atoms with E-state index in [0.717, 1.165) is 30.6 Å². The Balaban J connectivity index is 2.48. The summed E-state index contributed by atoms with van der Waals surface area (Å²) in [5.74, 6) is 1.09. The van der Waals surface area contributed by atoms with Gasteiger partial charge in [0.1, 0.15) is 5.75 Å². The number of benzene rings is 1. The molecule has 0 saturated carbocycles. The highest BCUT2D eigenvalue weighted by Crippen LogP contribution is 2.21. The molecule has 1 amide bonds. The molecule has 21 heavy (non-hydrogen) atoms. The van der Waals surface area contributed by atoms with Crippen molar-refractivity contribution in [1.82, 2.24) is 5.32 Å². The molecule has 0 saturated heterocycles. The monoisotopic (exact) mass is 292 g/mol. The minimum atomic E-state index is 0.0740. The van der Waals surface area contributed by atoms with E-state index in [-0.39, 0.29) is 17.9 Å². The number of hydrogen-bond acceptors (Lipinski definition) is 3. The molecule has 0 bridgehead atoms. The van der Waals surface area contributed by atoms with Gasteiger partial charge in [-0.05, 0) is 30.0 Å². The van der Waals surface area contributed by atoms with Crippen LogP contribution in [0.5, 0.6) is 5.75 Å². The second-order valence-corrected chi connectivity index (χ2v) is 5.52. The standard InChI is InChI=1S/C17H28N2O2/c1-4-5-6-15(12-18)19-17(20)11-13(2)14-7-9-16(21-3)10-8-14/h7-10,13,15H,4-6,11-12,18H2,1-3H3,(H,19,20). The third kappa shape index (κ3) is 6.17. The van der Waals surface area contributed by atoms with Crippen LogP contribution < -0.4 is 15.8 Å². The van der Waals surface area contributed by atoms with Gasteiger partial charge in [-0.1, -0.05) is 38.8 Å². The van der Waals surface area contributed by atoms with Gasteiger partial charge in [0.15, 0.2) is 0 Å². The lowest BCUT2D eigenvalue weighted by atomic mass is 9.97. The summed E-state index contributed by atoms with van der Waals surface area (Å²) in [4.78, 5) is 12.1. The molecule has 3 N–H and O–H groups in total. The highest BCUT2D eigenvalue weighted by atomic mass is 16.5. The van der Waals surface area contributed by atoms with E-state index >= 15 is 0 Å². The quantitative estimate of drug-likeness (QED) is 0.735. The SMILES string of the molecule is CCCCC(CN)NC(=O)CC(C)c1ccc(OC)cc1. The van der Waals surface area contributed by atoms with Crippen molar-refractivity contribution in [3.05, 3.63) is 29.8 Å². The smallest absolute Gasteiger partial charge is 0.220 e. The van der Waals surface area contributed by atoms with Gasteiger partial charge < -0.3 is 15.8 Å². The molecule has 0 spiro atoms. The molecule has 1 aromatic rings. The van der Waals surface area contributed by atoms with Crippen LogP contribution in [-0.2, 0) is 4.79 Å². The van der Waals surface area contributed by atoms with E-state index < -0.39 is 0 Å². The van der Waals surface area contributed by atoms with Crippen LogP contribution in [0.2, 0.25) is 0 Å². The van der Waals surface area contributed by atoms with Crippen molar-refractivity contribution in [3.63, 3.8) is 0 Å². The third-order valence-electron chi connectivity index (χ3n) is 3.73. The molecular formula is C17H28N2O2. The van der Waals surface area contributed by atoms with Crippen LogP contribution in [0.15, 0.2) is 24.3 Å². The second-order valence-electron chi connectivity index (χ2n) is 5.52. The maximum atomic E-state index is 12.1. The zero-order valence-corrected chi connectivity index (χ0v) is 13.4. The van der Waals surface area contributed by atoms with Crippen LogP contribution in [0.25, 0.3) is 0 Å². The van der Waals surface area contributed by atoms with Crippen LogP contribution in [0.3, 0.4) is 0 Å². The van der Waals surface area contributed by atoms with E-state index in [0.29, 0.717) is 13.0 Å². The van der Waals surface area contributed by atoms with Gasteiger partial charge in [-0.2, -0.15) is 0 Å². The number of carbonyl (C=O) groups is 1. The highest BCUT2D eigenvalue weighted by molar-refractivity contribution is 5.77. The van der Waals surface area contributed by atoms with Crippen molar-refractivity contribution in [2.45, 2.75) is 51.5 Å². The Bertz CT molecular complexity index is 417. The van der Waals surface area contributed by atoms with Crippen molar-refractivity contribution in [3.8, 4) is 5.75 Å². The zero-order valence-electron chi connectivity index (χ0n) is 13.4. The van der Waals surface area contributed by atoms with Crippen molar-refractivity contribution in [2.24, 2.45) is 5.73 Å². The normalized spacial score (nSPS) is 13.5. The summed E-state index contributed by atoms with van der Waals surface area (Å²) in [7, 11) is 1.65. The molecule has 0 aromatic heterocycles. The van der Waals surface area contributed by atoms with Gasteiger partial charge in [0, 0.05) is 19.0 Å². The van der Waals surface area contributed by atoms with Crippen LogP contribution in [-0.4, -0.2) is 25.6 Å². The molecular weight excluding hydrogens is 264 g/mol. The molecule has 0 fully saturated rings. The summed E-state index contributed by atoms with van der Waals surface area (Å²) < 4.78 is 5.14. The predicted molar refractivity (Wildman–Crippen MR) is 86.5 cm³/mol. The summed E-state index contributed by atoms with van der Waals surface area (Å²) >= 11 is 0. The molecule has 1 aromatic carbocycles. The molecule has 118 valence electrons. The largest absolute Gasteiger partial charge is 0.497 e. The Morgan fingerprint density at radius 1 is 1.33 bits per heavy atom. The summed E-state index contributed by atoms with van der Waals surface area (Å²) in [6.45, 7) is 4.70. The lowest BCUT2D eigenvalue weighted by Crippen LogP contribution is -2.40. The molecule has 0 aliphatic heterocycles. The van der Waals surface area contributed by atoms with Gasteiger partial charge in [-0.15, -0.1) is 0 Å². The number of hydrogen-bond donors (Lipinski definition) is 2. The van der Waals surface area contributed by atoms with E-state index in [1.807, 2.05) is 24.3 Å². The van der Waals surface area contributed by atoms with E-state index in [2.05, 4.69) is 19.2 Å². The van der Waals surface area contributed by atoms with E-state index in [9.17, 15) is 4.79 Å². The maximum Gasteiger partial charge on any atom is 0.220 e. The number of unbranched alkanes of at least 4 members (excludes halogenated alkanes) is 1. The Morgan fingerprint density at radius 2 is 2.00 bits per heavy atom. The first-order chi connectivity index (χ1) is 10.1. The number of rotatable bonds is 9. The number of ether oxygens (including phenoxy) is 1. The van der Waals surface area contributed by atoms with Gasteiger partial charge in [0.2, 0.25) is 5.91 Å². The third-order valence-corrected chi connectivity index (χ3v) is 3.73. The number of methoxy groups -OCH3 is 1. The summed E-state index contributed by atoms with van der Waals surface area (Å²) in [5.41, 5.74) is 6.85. The van der Waals surface area contributed by atoms with Crippen LogP contribution in [0.1, 0.15) is 51.0 Å². The van der Waals surface area contributed by atoms with E-state index in [4.69, 9.17) is 10.5 Å². The number of carbonyl (C=O) groups excluding carboxylic acids is 1. The predicted octanol–water partition coefficient (Wildman–Crippen LogP) is 2.82. The summed E-state index contributed by atoms with van der Waals surface area (Å²) in [6.07, 6.45) is 3.65. The minimum Gasteiger partial charge on any atom is -0.497 e. The molecule has 0 radical (unpaired) electrons. The van der Waals surface area contributed by atoms with Gasteiger partial charge in [0.05, 0.1) is 7.11 Å². The highest BCUT2D eigenvalue weighted by Gasteiger charge is 2.14. The maximum absolute atomic E-state index is 12.1. The van der Waals surface area contributed by atoms with Gasteiger partial charge >= 0.3 is 0 Å². The minimum absolute atomic E-state index is 0.0740. The first kappa shape index (κ1) is 17.5. The fourth-order valence-electron chi connectivity index (χ4n) is 2.31. The Morgan fingerprint density at radius 3 is 2.52 bits per heavy atom. The average Bonchev–Trinajstić information content (AvgIpc) is 2.51. The van der Waals surface area contributed by atoms with Crippen LogP contribution in [0, 0.1) is 0 Å². The van der Waals surface area contributed by atoms with E-state index in [1.54, 1.807) is 7.11 Å². The molecule has 0 aliphatic rings. The van der Waals surface area contributed by atoms with Crippen molar-refractivity contribution >= 4 is 5.91 Å². The number of nitrogens with one attached hydrogen (secondary N) is 1. The first-order valence-corrected chi connectivity index (χ1v) is 7.74. The summed E-state index contributed by atoms with van der Waals surface area (Å²) in [5, 5.41) is 3.04. The van der Waals surface area contributed by atoms with Gasteiger partial charge in [0.25, 0.3) is 0 Å². The number of amides is 1. The van der Waals surface area contributed by atoms with Crippen LogP contribution >= 0.6 is 0 Å². The molecule has 4 nitrogen and oxygen atoms in total. The fourth-order valence-corrected chi connectivity index (χ4v) is 2.31. The lowest BCUT2D eigenvalue weighted by Gasteiger charge is -2.18. The lowest BCUT2D eigenvalue weighted by molar-refractivity contribution is -0.122.